The molecule has 7 heteroatoms. The zero-order valence-corrected chi connectivity index (χ0v) is 7.71. The van der Waals surface area contributed by atoms with E-state index in [4.69, 9.17) is 23.8 Å². The molecule has 1 rings (SSSR count). The average molecular weight is 206 g/mol. The second-order valence-electron chi connectivity index (χ2n) is 2.21. The summed E-state index contributed by atoms with van der Waals surface area (Å²) in [7, 11) is -3.92. The third kappa shape index (κ3) is 10.7. The molecule has 13 heavy (non-hydrogen) atoms. The van der Waals surface area contributed by atoms with Crippen LogP contribution in [0, 0.1) is 0 Å². The second-order valence-corrected chi connectivity index (χ2v) is 3.61. The number of anilines is 1. The molecule has 4 N–H and O–H groups in total. The summed E-state index contributed by atoms with van der Waals surface area (Å²) in [5, 5.41) is 8.67. The smallest absolute Gasteiger partial charge is 0.270 e. The fraction of sp³-hybridized carbons (Fsp3) is 0.167. The standard InChI is InChI=1S/C5H6N2O.CH4O3S/c6-5-2-1-4(8)3-7-5;1-5(2,3)4/h1-3,8H,(H2,6,7);1H3,(H,2,3,4). The minimum absolute atomic E-state index is 0.194. The molecule has 0 bridgehead atoms. The molecule has 0 fully saturated rings. The molecule has 0 aliphatic carbocycles. The number of nitrogens with two attached hydrogens (primary N) is 1. The van der Waals surface area contributed by atoms with Crippen molar-refractivity contribution >= 4 is 15.9 Å². The predicted molar refractivity (Wildman–Crippen MR) is 44.7 cm³/mol. The summed E-state index contributed by atoms with van der Waals surface area (Å²) in [6.45, 7) is 0. The van der Waals surface area contributed by atoms with Gasteiger partial charge in [0.2, 0.25) is 0 Å². The highest BCUT2D eigenvalue weighted by Gasteiger charge is 1.89. The van der Waals surface area contributed by atoms with Crippen molar-refractivity contribution < 1.29 is 23.1 Å². The maximum Gasteiger partial charge on any atom is 0.270 e. The molecule has 0 saturated carbocycles. The van der Waals surface area contributed by atoms with Crippen molar-refractivity contribution in [3.63, 3.8) is 0 Å². The molecule has 0 radical (unpaired) electrons. The van der Waals surface area contributed by atoms with Gasteiger partial charge < -0.3 is 9.66 Å². The zero-order valence-electron chi connectivity index (χ0n) is 6.89. The molecule has 0 aromatic carbocycles. The molecule has 0 aliphatic heterocycles. The summed E-state index contributed by atoms with van der Waals surface area (Å²) in [6.07, 6.45) is 2.03. The number of hydrogen-bond donors (Lipinski definition) is 2. The number of nitrogens with one attached hydrogen (secondary N) is 1. The van der Waals surface area contributed by atoms with E-state index in [1.807, 2.05) is 0 Å². The predicted octanol–water partition coefficient (Wildman–Crippen LogP) is -1.05. The van der Waals surface area contributed by atoms with Gasteiger partial charge in [0.05, 0.1) is 10.1 Å². The molecule has 1 heterocycles. The lowest BCUT2D eigenvalue weighted by molar-refractivity contribution is -0.361. The van der Waals surface area contributed by atoms with Crippen LogP contribution in [0.3, 0.4) is 0 Å². The van der Waals surface area contributed by atoms with Crippen molar-refractivity contribution in [3.8, 4) is 5.75 Å². The quantitative estimate of drug-likeness (QED) is 0.525. The average Bonchev–Trinajstić information content (AvgIpc) is 1.92. The SMILES string of the molecule is CS(=O)(=O)[O-].Nc1ccc(O)c[nH+]1. The van der Waals surface area contributed by atoms with Gasteiger partial charge in [-0.3, -0.25) is 5.73 Å². The lowest BCUT2D eigenvalue weighted by Crippen LogP contribution is -2.07. The first-order valence-electron chi connectivity index (χ1n) is 3.16. The van der Waals surface area contributed by atoms with Crippen LogP contribution in [0.2, 0.25) is 0 Å². The molecular formula is C6H10N2O4S. The van der Waals surface area contributed by atoms with Crippen molar-refractivity contribution in [2.45, 2.75) is 0 Å². The monoisotopic (exact) mass is 206 g/mol. The van der Waals surface area contributed by atoms with Crippen molar-refractivity contribution in [2.75, 3.05) is 12.0 Å². The van der Waals surface area contributed by atoms with Gasteiger partial charge in [0.15, 0.2) is 5.75 Å². The van der Waals surface area contributed by atoms with Crippen molar-refractivity contribution in [1.29, 1.82) is 0 Å². The van der Waals surface area contributed by atoms with Crippen molar-refractivity contribution in [1.82, 2.24) is 0 Å². The van der Waals surface area contributed by atoms with E-state index < -0.39 is 10.1 Å². The Bertz CT molecular complexity index is 316. The Balaban J connectivity index is 0.000000252. The Labute approximate surface area is 75.8 Å². The number of nitrogen functional groups attached to an aromatic ring is 1. The van der Waals surface area contributed by atoms with Crippen LogP contribution in [0.25, 0.3) is 0 Å². The van der Waals surface area contributed by atoms with Gasteiger partial charge in [0, 0.05) is 12.3 Å². The van der Waals surface area contributed by atoms with Gasteiger partial charge in [0.1, 0.15) is 6.20 Å². The van der Waals surface area contributed by atoms with E-state index in [2.05, 4.69) is 4.98 Å². The highest BCUT2D eigenvalue weighted by atomic mass is 32.2. The van der Waals surface area contributed by atoms with Crippen LogP contribution < -0.4 is 10.7 Å². The van der Waals surface area contributed by atoms with Gasteiger partial charge >= 0.3 is 0 Å². The molecule has 1 aromatic rings. The molecule has 0 saturated heterocycles. The highest BCUT2D eigenvalue weighted by molar-refractivity contribution is 7.84. The van der Waals surface area contributed by atoms with Gasteiger partial charge in [-0.1, -0.05) is 0 Å². The first kappa shape index (κ1) is 11.7. The zero-order chi connectivity index (χ0) is 10.5. The summed E-state index contributed by atoms with van der Waals surface area (Å²) in [6, 6.07) is 3.11. The van der Waals surface area contributed by atoms with E-state index in [0.717, 1.165) is 0 Å². The van der Waals surface area contributed by atoms with Crippen LogP contribution in [0.4, 0.5) is 5.82 Å². The van der Waals surface area contributed by atoms with Gasteiger partial charge in [-0.15, -0.1) is 0 Å². The van der Waals surface area contributed by atoms with E-state index in [1.165, 1.54) is 12.3 Å². The summed E-state index contributed by atoms with van der Waals surface area (Å²) in [5.41, 5.74) is 5.26. The Hall–Kier alpha value is -1.34. The minimum Gasteiger partial charge on any atom is -0.748 e. The van der Waals surface area contributed by atoms with E-state index in [9.17, 15) is 0 Å². The normalized spacial score (nSPS) is 10.0. The lowest BCUT2D eigenvalue weighted by Gasteiger charge is -1.90. The van der Waals surface area contributed by atoms with Crippen molar-refractivity contribution in [2.24, 2.45) is 0 Å². The molecular weight excluding hydrogens is 196 g/mol. The number of H-pyrrole nitrogens is 1. The number of hydrogen-bond acceptors (Lipinski definition) is 5. The van der Waals surface area contributed by atoms with Gasteiger partial charge in [-0.25, -0.2) is 13.4 Å². The first-order chi connectivity index (χ1) is 5.79. The topological polar surface area (TPSA) is 118 Å². The van der Waals surface area contributed by atoms with E-state index in [1.54, 1.807) is 6.07 Å². The molecule has 1 aromatic heterocycles. The van der Waals surface area contributed by atoms with Gasteiger partial charge in [-0.05, 0) is 6.07 Å². The summed E-state index contributed by atoms with van der Waals surface area (Å²) in [5.74, 6) is 0.738. The molecule has 0 spiro atoms. The fourth-order valence-corrected chi connectivity index (χ4v) is 0.429. The highest BCUT2D eigenvalue weighted by Crippen LogP contribution is 2.01. The van der Waals surface area contributed by atoms with E-state index in [-0.39, 0.29) is 5.75 Å². The number of pyridine rings is 1. The maximum atomic E-state index is 9.08. The molecule has 0 atom stereocenters. The molecule has 0 unspecified atom stereocenters. The largest absolute Gasteiger partial charge is 0.748 e. The number of aromatic hydroxyl groups is 1. The van der Waals surface area contributed by atoms with Crippen LogP contribution in [-0.2, 0) is 10.1 Å². The molecule has 74 valence electrons. The maximum absolute atomic E-state index is 9.08. The van der Waals surface area contributed by atoms with E-state index >= 15 is 0 Å². The first-order valence-corrected chi connectivity index (χ1v) is 4.98. The van der Waals surface area contributed by atoms with Gasteiger partial charge in [0.25, 0.3) is 5.82 Å². The number of aromatic amines is 1. The Morgan fingerprint density at radius 2 is 2.00 bits per heavy atom. The second kappa shape index (κ2) is 4.63. The van der Waals surface area contributed by atoms with Crippen LogP contribution in [0.5, 0.6) is 5.75 Å². The Morgan fingerprint density at radius 1 is 1.54 bits per heavy atom. The van der Waals surface area contributed by atoms with Crippen molar-refractivity contribution in [3.05, 3.63) is 18.3 Å². The fourth-order valence-electron chi connectivity index (χ4n) is 0.429. The molecule has 0 aliphatic rings. The Kier molecular flexibility index (Phi) is 4.15. The molecule has 0 amide bonds. The van der Waals surface area contributed by atoms with Crippen LogP contribution >= 0.6 is 0 Å². The third-order valence-corrected chi connectivity index (χ3v) is 0.820. The van der Waals surface area contributed by atoms with Crippen LogP contribution in [0.1, 0.15) is 0 Å². The lowest BCUT2D eigenvalue weighted by atomic mass is 10.4. The van der Waals surface area contributed by atoms with E-state index in [0.29, 0.717) is 12.1 Å². The van der Waals surface area contributed by atoms with Gasteiger partial charge in [-0.2, -0.15) is 0 Å². The third-order valence-electron chi connectivity index (χ3n) is 0.820. The summed E-state index contributed by atoms with van der Waals surface area (Å²) in [4.78, 5) is 2.63. The summed E-state index contributed by atoms with van der Waals surface area (Å²) < 4.78 is 27.2. The summed E-state index contributed by atoms with van der Waals surface area (Å²) >= 11 is 0. The van der Waals surface area contributed by atoms with Crippen LogP contribution in [0.15, 0.2) is 18.3 Å². The number of aromatic nitrogens is 1. The Morgan fingerprint density at radius 3 is 2.23 bits per heavy atom. The van der Waals surface area contributed by atoms with Crippen LogP contribution in [-0.4, -0.2) is 24.3 Å². The molecule has 6 nitrogen and oxygen atoms in total. The minimum atomic E-state index is -3.92. The number of rotatable bonds is 0.